The highest BCUT2D eigenvalue weighted by atomic mass is 16.5. The Morgan fingerprint density at radius 2 is 1.83 bits per heavy atom. The van der Waals surface area contributed by atoms with E-state index in [9.17, 15) is 9.59 Å². The molecule has 124 valence electrons. The second-order valence-electron chi connectivity index (χ2n) is 6.11. The predicted molar refractivity (Wildman–Crippen MR) is 93.2 cm³/mol. The molecular weight excluding hydrogens is 302 g/mol. The molecule has 0 radical (unpaired) electrons. The van der Waals surface area contributed by atoms with E-state index in [0.29, 0.717) is 17.7 Å². The van der Waals surface area contributed by atoms with Gasteiger partial charge in [0.2, 0.25) is 5.91 Å². The smallest absolute Gasteiger partial charge is 0.337 e. The molecule has 0 atom stereocenters. The van der Waals surface area contributed by atoms with Gasteiger partial charge in [-0.2, -0.15) is 0 Å². The van der Waals surface area contributed by atoms with Crippen molar-refractivity contribution in [1.29, 1.82) is 0 Å². The van der Waals surface area contributed by atoms with E-state index in [1.165, 1.54) is 31.1 Å². The maximum absolute atomic E-state index is 12.3. The number of aryl methyl sites for hydroxylation is 2. The molecule has 0 aromatic heterocycles. The molecule has 0 saturated heterocycles. The number of benzene rings is 2. The molecule has 0 aliphatic heterocycles. The monoisotopic (exact) mass is 323 g/mol. The molecule has 1 amide bonds. The lowest BCUT2D eigenvalue weighted by molar-refractivity contribution is -0.115. The lowest BCUT2D eigenvalue weighted by Gasteiger charge is -2.16. The predicted octanol–water partition coefficient (Wildman–Crippen LogP) is 3.53. The van der Waals surface area contributed by atoms with Crippen LogP contribution in [0.1, 0.15) is 39.9 Å². The van der Waals surface area contributed by atoms with E-state index >= 15 is 0 Å². The molecule has 0 spiro atoms. The number of anilines is 1. The molecule has 0 bridgehead atoms. The topological polar surface area (TPSA) is 55.4 Å². The highest BCUT2D eigenvalue weighted by molar-refractivity contribution is 5.95. The fraction of sp³-hybridized carbons (Fsp3) is 0.300. The molecule has 0 saturated carbocycles. The first-order valence-electron chi connectivity index (χ1n) is 8.24. The van der Waals surface area contributed by atoms with Gasteiger partial charge in [0.05, 0.1) is 19.1 Å². The van der Waals surface area contributed by atoms with Gasteiger partial charge in [0.1, 0.15) is 0 Å². The van der Waals surface area contributed by atoms with Crippen molar-refractivity contribution in [3.63, 3.8) is 0 Å². The number of carbonyl (C=O) groups excluding carboxylic acids is 2. The molecule has 24 heavy (non-hydrogen) atoms. The number of hydrogen-bond donors (Lipinski definition) is 1. The number of hydrogen-bond acceptors (Lipinski definition) is 3. The van der Waals surface area contributed by atoms with Crippen molar-refractivity contribution in [2.24, 2.45) is 0 Å². The molecule has 0 heterocycles. The van der Waals surface area contributed by atoms with Gasteiger partial charge >= 0.3 is 5.97 Å². The summed E-state index contributed by atoms with van der Waals surface area (Å²) in [7, 11) is 1.34. The highest BCUT2D eigenvalue weighted by Crippen LogP contribution is 2.22. The van der Waals surface area contributed by atoms with Crippen molar-refractivity contribution >= 4 is 17.6 Å². The van der Waals surface area contributed by atoms with Crippen LogP contribution in [0.2, 0.25) is 0 Å². The number of methoxy groups -OCH3 is 1. The third kappa shape index (κ3) is 3.82. The van der Waals surface area contributed by atoms with Gasteiger partial charge in [0.25, 0.3) is 0 Å². The Balaban J connectivity index is 1.66. The Bertz CT molecular complexity index is 767. The molecule has 4 nitrogen and oxygen atoms in total. The van der Waals surface area contributed by atoms with Crippen LogP contribution < -0.4 is 5.32 Å². The van der Waals surface area contributed by atoms with Crippen molar-refractivity contribution in [3.8, 4) is 0 Å². The summed E-state index contributed by atoms with van der Waals surface area (Å²) in [5.41, 5.74) is 4.83. The molecule has 1 N–H and O–H groups in total. The van der Waals surface area contributed by atoms with Crippen LogP contribution in [0.5, 0.6) is 0 Å². The van der Waals surface area contributed by atoms with Crippen molar-refractivity contribution < 1.29 is 14.3 Å². The Morgan fingerprint density at radius 1 is 1.04 bits per heavy atom. The zero-order valence-electron chi connectivity index (χ0n) is 13.8. The number of nitrogens with one attached hydrogen (secondary N) is 1. The van der Waals surface area contributed by atoms with E-state index in [1.54, 1.807) is 24.3 Å². The summed E-state index contributed by atoms with van der Waals surface area (Å²) < 4.78 is 4.69. The van der Waals surface area contributed by atoms with Gasteiger partial charge in [0.15, 0.2) is 0 Å². The lowest BCUT2D eigenvalue weighted by atomic mass is 9.90. The molecule has 4 heteroatoms. The van der Waals surface area contributed by atoms with Gasteiger partial charge in [-0.3, -0.25) is 4.79 Å². The second kappa shape index (κ2) is 7.30. The minimum Gasteiger partial charge on any atom is -0.465 e. The standard InChI is InChI=1S/C20H21NO3/c1-24-20(23)17-7-4-8-18(13-17)21-19(22)12-14-9-10-15-5-2-3-6-16(15)11-14/h4,7-11,13H,2-3,5-6,12H2,1H3,(H,21,22). The first-order chi connectivity index (χ1) is 11.7. The Kier molecular flexibility index (Phi) is 4.94. The van der Waals surface area contributed by atoms with Crippen molar-refractivity contribution in [1.82, 2.24) is 0 Å². The Hall–Kier alpha value is -2.62. The van der Waals surface area contributed by atoms with Gasteiger partial charge in [-0.15, -0.1) is 0 Å². The summed E-state index contributed by atoms with van der Waals surface area (Å²) in [6, 6.07) is 13.1. The summed E-state index contributed by atoms with van der Waals surface area (Å²) in [4.78, 5) is 23.8. The minimum absolute atomic E-state index is 0.0900. The number of carbonyl (C=O) groups is 2. The largest absolute Gasteiger partial charge is 0.465 e. The van der Waals surface area contributed by atoms with E-state index in [-0.39, 0.29) is 5.91 Å². The van der Waals surface area contributed by atoms with Crippen LogP contribution in [0.25, 0.3) is 0 Å². The SMILES string of the molecule is COC(=O)c1cccc(NC(=O)Cc2ccc3c(c2)CCCC3)c1. The van der Waals surface area contributed by atoms with Crippen LogP contribution >= 0.6 is 0 Å². The van der Waals surface area contributed by atoms with Gasteiger partial charge in [-0.05, 0) is 60.6 Å². The third-order valence-corrected chi connectivity index (χ3v) is 4.35. The number of rotatable bonds is 4. The summed E-state index contributed by atoms with van der Waals surface area (Å²) in [5.74, 6) is -0.506. The van der Waals surface area contributed by atoms with E-state index in [4.69, 9.17) is 4.74 Å². The second-order valence-corrected chi connectivity index (χ2v) is 6.11. The van der Waals surface area contributed by atoms with E-state index in [2.05, 4.69) is 17.4 Å². The molecule has 1 aliphatic rings. The van der Waals surface area contributed by atoms with Crippen LogP contribution in [0, 0.1) is 0 Å². The zero-order chi connectivity index (χ0) is 16.9. The van der Waals surface area contributed by atoms with Crippen LogP contribution in [0.4, 0.5) is 5.69 Å². The number of esters is 1. The molecular formula is C20H21NO3. The summed E-state index contributed by atoms with van der Waals surface area (Å²) in [6.07, 6.45) is 5.05. The Morgan fingerprint density at radius 3 is 2.62 bits per heavy atom. The van der Waals surface area contributed by atoms with Crippen molar-refractivity contribution in [2.75, 3.05) is 12.4 Å². The maximum atomic E-state index is 12.3. The summed E-state index contributed by atoms with van der Waals surface area (Å²) in [6.45, 7) is 0. The number of ether oxygens (including phenoxy) is 1. The highest BCUT2D eigenvalue weighted by Gasteiger charge is 2.12. The molecule has 0 fully saturated rings. The van der Waals surface area contributed by atoms with Crippen LogP contribution in [-0.4, -0.2) is 19.0 Å². The van der Waals surface area contributed by atoms with Crippen LogP contribution in [0.3, 0.4) is 0 Å². The first kappa shape index (κ1) is 16.2. The van der Waals surface area contributed by atoms with Gasteiger partial charge in [-0.1, -0.05) is 24.3 Å². The molecule has 2 aromatic rings. The molecule has 2 aromatic carbocycles. The average molecular weight is 323 g/mol. The van der Waals surface area contributed by atoms with Crippen molar-refractivity contribution in [3.05, 3.63) is 64.7 Å². The zero-order valence-corrected chi connectivity index (χ0v) is 13.8. The van der Waals surface area contributed by atoms with Crippen LogP contribution in [0.15, 0.2) is 42.5 Å². The maximum Gasteiger partial charge on any atom is 0.337 e. The van der Waals surface area contributed by atoms with Crippen LogP contribution in [-0.2, 0) is 28.8 Å². The number of fused-ring (bicyclic) bond motifs is 1. The minimum atomic E-state index is -0.416. The molecule has 3 rings (SSSR count). The van der Waals surface area contributed by atoms with Gasteiger partial charge in [-0.25, -0.2) is 4.79 Å². The Labute approximate surface area is 141 Å². The fourth-order valence-corrected chi connectivity index (χ4v) is 3.13. The van der Waals surface area contributed by atoms with Crippen molar-refractivity contribution in [2.45, 2.75) is 32.1 Å². The molecule has 0 unspecified atom stereocenters. The first-order valence-corrected chi connectivity index (χ1v) is 8.24. The van der Waals surface area contributed by atoms with Gasteiger partial charge < -0.3 is 10.1 Å². The third-order valence-electron chi connectivity index (χ3n) is 4.35. The normalized spacial score (nSPS) is 13.0. The fourth-order valence-electron chi connectivity index (χ4n) is 3.13. The average Bonchev–Trinajstić information content (AvgIpc) is 2.61. The van der Waals surface area contributed by atoms with E-state index in [0.717, 1.165) is 18.4 Å². The summed E-state index contributed by atoms with van der Waals surface area (Å²) in [5, 5.41) is 2.84. The van der Waals surface area contributed by atoms with Gasteiger partial charge in [0, 0.05) is 5.69 Å². The van der Waals surface area contributed by atoms with E-state index in [1.807, 2.05) is 6.07 Å². The molecule has 1 aliphatic carbocycles. The number of amides is 1. The van der Waals surface area contributed by atoms with E-state index < -0.39 is 5.97 Å². The lowest BCUT2D eigenvalue weighted by Crippen LogP contribution is -2.15. The summed E-state index contributed by atoms with van der Waals surface area (Å²) >= 11 is 0. The quantitative estimate of drug-likeness (QED) is 0.876.